The molecule has 0 radical (unpaired) electrons. The van der Waals surface area contributed by atoms with E-state index >= 15 is 0 Å². The third-order valence-corrected chi connectivity index (χ3v) is 3.91. The Labute approximate surface area is 138 Å². The van der Waals surface area contributed by atoms with Gasteiger partial charge in [-0.3, -0.25) is 0 Å². The van der Waals surface area contributed by atoms with Crippen molar-refractivity contribution in [2.45, 2.75) is 70.4 Å². The van der Waals surface area contributed by atoms with E-state index in [9.17, 15) is 0 Å². The van der Waals surface area contributed by atoms with Gasteiger partial charge in [-0.25, -0.2) is 19.9 Å². The summed E-state index contributed by atoms with van der Waals surface area (Å²) in [4.78, 5) is 25.8. The first kappa shape index (κ1) is 20.5. The normalized spacial score (nSPS) is 20.2. The number of ether oxygens (including phenoxy) is 1. The molecule has 23 heavy (non-hydrogen) atoms. The van der Waals surface area contributed by atoms with Gasteiger partial charge < -0.3 is 4.74 Å². The Morgan fingerprint density at radius 1 is 1.13 bits per heavy atom. The van der Waals surface area contributed by atoms with Crippen LogP contribution in [0.4, 0.5) is 0 Å². The fraction of sp³-hybridized carbons (Fsp3) is 0.875. The second-order valence-electron chi connectivity index (χ2n) is 6.17. The van der Waals surface area contributed by atoms with Crippen LogP contribution in [0.2, 0.25) is 0 Å². The first-order valence-electron chi connectivity index (χ1n) is 8.09. The van der Waals surface area contributed by atoms with Crippen molar-refractivity contribution in [3.63, 3.8) is 0 Å². The van der Waals surface area contributed by atoms with Crippen LogP contribution in [0.25, 0.3) is 0 Å². The van der Waals surface area contributed by atoms with Crippen molar-refractivity contribution < 1.29 is 34.4 Å². The van der Waals surface area contributed by atoms with E-state index in [1.807, 2.05) is 6.92 Å². The zero-order chi connectivity index (χ0) is 17.2. The van der Waals surface area contributed by atoms with Crippen LogP contribution in [0.1, 0.15) is 58.8 Å². The van der Waals surface area contributed by atoms with E-state index in [-0.39, 0.29) is 6.61 Å². The van der Waals surface area contributed by atoms with Crippen molar-refractivity contribution >= 4 is 0 Å². The average Bonchev–Trinajstić information content (AvgIpc) is 2.56. The Kier molecular flexibility index (Phi) is 9.23. The maximum absolute atomic E-state index is 8.80. The Hall–Kier alpha value is -0.540. The quantitative estimate of drug-likeness (QED) is 0.191. The fourth-order valence-electron chi connectivity index (χ4n) is 2.20. The van der Waals surface area contributed by atoms with E-state index in [2.05, 4.69) is 11.5 Å². The van der Waals surface area contributed by atoms with Gasteiger partial charge in [-0.1, -0.05) is 12.0 Å². The highest BCUT2D eigenvalue weighted by Gasteiger charge is 2.37. The molecule has 0 heterocycles. The van der Waals surface area contributed by atoms with Crippen molar-refractivity contribution in [2.24, 2.45) is 0 Å². The van der Waals surface area contributed by atoms with Gasteiger partial charge in [0.05, 0.1) is 13.2 Å². The first-order chi connectivity index (χ1) is 11.0. The molecule has 1 aliphatic rings. The lowest BCUT2D eigenvalue weighted by molar-refractivity contribution is -0.519. The molecular formula is C16H30O7. The van der Waals surface area contributed by atoms with Crippen LogP contribution < -0.4 is 0 Å². The Balaban J connectivity index is 2.37. The highest BCUT2D eigenvalue weighted by atomic mass is 17.3. The molecule has 0 spiro atoms. The summed E-state index contributed by atoms with van der Waals surface area (Å²) >= 11 is 0. The zero-order valence-corrected chi connectivity index (χ0v) is 14.5. The monoisotopic (exact) mass is 334 g/mol. The summed E-state index contributed by atoms with van der Waals surface area (Å²) in [5.41, 5.74) is 1.03. The van der Waals surface area contributed by atoms with Crippen LogP contribution in [-0.2, 0) is 29.2 Å². The smallest absolute Gasteiger partial charge is 0.233 e. The lowest BCUT2D eigenvalue weighted by Crippen LogP contribution is -2.39. The van der Waals surface area contributed by atoms with E-state index in [0.717, 1.165) is 31.3 Å². The summed E-state index contributed by atoms with van der Waals surface area (Å²) in [5, 5.41) is 8.80. The minimum atomic E-state index is -1.12. The van der Waals surface area contributed by atoms with Gasteiger partial charge in [-0.2, -0.15) is 9.78 Å². The van der Waals surface area contributed by atoms with Gasteiger partial charge in [-0.05, 0) is 33.1 Å². The molecule has 0 bridgehead atoms. The standard InChI is InChI=1S/C16H30O7/c1-14(2)8-12-19-22-16(9-6-5-7-10-16)23-20-13-11-15(3,18-4)21-17/h17H,1,5-13H2,2-4H3. The van der Waals surface area contributed by atoms with E-state index in [1.54, 1.807) is 6.92 Å². The van der Waals surface area contributed by atoms with Gasteiger partial charge >= 0.3 is 0 Å². The molecule has 1 saturated carbocycles. The maximum Gasteiger partial charge on any atom is 0.233 e. The van der Waals surface area contributed by atoms with Crippen LogP contribution in [0, 0.1) is 0 Å². The lowest BCUT2D eigenvalue weighted by atomic mass is 9.94. The molecule has 1 N–H and O–H groups in total. The van der Waals surface area contributed by atoms with E-state index in [0.29, 0.717) is 25.9 Å². The van der Waals surface area contributed by atoms with Crippen LogP contribution in [-0.4, -0.2) is 37.2 Å². The molecule has 1 unspecified atom stereocenters. The zero-order valence-electron chi connectivity index (χ0n) is 14.5. The van der Waals surface area contributed by atoms with Gasteiger partial charge in [-0.15, -0.1) is 6.58 Å². The van der Waals surface area contributed by atoms with Crippen molar-refractivity contribution in [3.8, 4) is 0 Å². The second-order valence-corrected chi connectivity index (χ2v) is 6.17. The summed E-state index contributed by atoms with van der Waals surface area (Å²) in [5.74, 6) is -2.00. The number of hydrogen-bond donors (Lipinski definition) is 1. The minimum absolute atomic E-state index is 0.182. The summed E-state index contributed by atoms with van der Waals surface area (Å²) < 4.78 is 5.03. The second kappa shape index (κ2) is 10.4. The van der Waals surface area contributed by atoms with Gasteiger partial charge in [0.1, 0.15) is 0 Å². The Morgan fingerprint density at radius 3 is 2.26 bits per heavy atom. The van der Waals surface area contributed by atoms with Crippen LogP contribution in [0.3, 0.4) is 0 Å². The fourth-order valence-corrected chi connectivity index (χ4v) is 2.20. The SMILES string of the molecule is C=C(C)CCOOC1(OOCCC(C)(OC)OO)CCCCC1. The molecule has 7 nitrogen and oxygen atoms in total. The molecule has 1 rings (SSSR count). The summed E-state index contributed by atoms with van der Waals surface area (Å²) in [6.07, 6.45) is 5.56. The van der Waals surface area contributed by atoms with Crippen LogP contribution >= 0.6 is 0 Å². The maximum atomic E-state index is 8.80. The molecule has 7 heteroatoms. The van der Waals surface area contributed by atoms with Crippen molar-refractivity contribution in [3.05, 3.63) is 12.2 Å². The third kappa shape index (κ3) is 7.71. The summed E-state index contributed by atoms with van der Waals surface area (Å²) in [7, 11) is 1.44. The molecule has 0 aromatic rings. The van der Waals surface area contributed by atoms with Gasteiger partial charge in [0.25, 0.3) is 0 Å². The predicted molar refractivity (Wildman–Crippen MR) is 83.1 cm³/mol. The van der Waals surface area contributed by atoms with E-state index < -0.39 is 11.6 Å². The summed E-state index contributed by atoms with van der Waals surface area (Å²) in [6, 6.07) is 0. The number of hydrogen-bond acceptors (Lipinski definition) is 7. The Bertz CT molecular complexity index is 335. The topological polar surface area (TPSA) is 75.6 Å². The number of rotatable bonds is 12. The van der Waals surface area contributed by atoms with Crippen molar-refractivity contribution in [1.29, 1.82) is 0 Å². The molecule has 1 fully saturated rings. The van der Waals surface area contributed by atoms with E-state index in [4.69, 9.17) is 29.5 Å². The lowest BCUT2D eigenvalue weighted by Gasteiger charge is -2.34. The molecule has 0 aromatic carbocycles. The minimum Gasteiger partial charge on any atom is -0.351 e. The first-order valence-corrected chi connectivity index (χ1v) is 8.09. The highest BCUT2D eigenvalue weighted by molar-refractivity contribution is 4.86. The molecule has 0 saturated heterocycles. The van der Waals surface area contributed by atoms with Crippen molar-refractivity contribution in [1.82, 2.24) is 0 Å². The average molecular weight is 334 g/mol. The molecule has 0 aromatic heterocycles. The van der Waals surface area contributed by atoms with Gasteiger partial charge in [0.15, 0.2) is 0 Å². The van der Waals surface area contributed by atoms with Gasteiger partial charge in [0.2, 0.25) is 11.6 Å². The summed E-state index contributed by atoms with van der Waals surface area (Å²) in [6.45, 7) is 7.98. The highest BCUT2D eigenvalue weighted by Crippen LogP contribution is 2.33. The van der Waals surface area contributed by atoms with Crippen molar-refractivity contribution in [2.75, 3.05) is 20.3 Å². The predicted octanol–water partition coefficient (Wildman–Crippen LogP) is 3.75. The Morgan fingerprint density at radius 2 is 1.74 bits per heavy atom. The molecule has 1 atom stereocenters. The largest absolute Gasteiger partial charge is 0.351 e. The molecule has 136 valence electrons. The van der Waals surface area contributed by atoms with Crippen LogP contribution in [0.5, 0.6) is 0 Å². The number of methoxy groups -OCH3 is 1. The molecule has 0 aliphatic heterocycles. The van der Waals surface area contributed by atoms with Crippen LogP contribution in [0.15, 0.2) is 12.2 Å². The molecule has 0 amide bonds. The molecular weight excluding hydrogens is 304 g/mol. The van der Waals surface area contributed by atoms with E-state index in [1.165, 1.54) is 7.11 Å². The third-order valence-electron chi connectivity index (χ3n) is 3.91. The van der Waals surface area contributed by atoms with Gasteiger partial charge in [0, 0.05) is 26.4 Å². The molecule has 1 aliphatic carbocycles.